The number of hydrogen-bond acceptors (Lipinski definition) is 3. The molecule has 0 unspecified atom stereocenters. The van der Waals surface area contributed by atoms with E-state index in [-0.39, 0.29) is 17.4 Å². The monoisotopic (exact) mass is 253 g/mol. The molecule has 0 aliphatic rings. The Balaban J connectivity index is 2.28. The molecule has 5 heteroatoms. The molecule has 1 aromatic carbocycles. The lowest BCUT2D eigenvalue weighted by atomic mass is 10.3. The minimum Gasteiger partial charge on any atom is -0.454 e. The Kier molecular flexibility index (Phi) is 3.56. The van der Waals surface area contributed by atoms with Crippen LogP contribution in [0.2, 0.25) is 5.02 Å². The van der Waals surface area contributed by atoms with Gasteiger partial charge in [0, 0.05) is 12.3 Å². The Morgan fingerprint density at radius 2 is 2.18 bits per heavy atom. The number of aliphatic hydroxyl groups excluding tert-OH is 1. The maximum atomic E-state index is 13.5. The van der Waals surface area contributed by atoms with Crippen molar-refractivity contribution in [2.24, 2.45) is 0 Å². The Hall–Kier alpha value is -1.65. The highest BCUT2D eigenvalue weighted by Crippen LogP contribution is 2.28. The molecule has 0 bridgehead atoms. The molecule has 2 aromatic rings. The fraction of sp³-hybridized carbons (Fsp3) is 0.0833. The zero-order valence-electron chi connectivity index (χ0n) is 8.73. The summed E-state index contributed by atoms with van der Waals surface area (Å²) in [5, 5.41) is 8.91. The van der Waals surface area contributed by atoms with E-state index in [1.165, 1.54) is 24.4 Å². The number of rotatable bonds is 3. The Labute approximate surface area is 102 Å². The largest absolute Gasteiger partial charge is 0.454 e. The van der Waals surface area contributed by atoms with Crippen LogP contribution in [0.3, 0.4) is 0 Å². The van der Waals surface area contributed by atoms with Gasteiger partial charge in [0.2, 0.25) is 0 Å². The Bertz CT molecular complexity index is 534. The van der Waals surface area contributed by atoms with E-state index in [2.05, 4.69) is 4.98 Å². The molecule has 1 aromatic heterocycles. The van der Waals surface area contributed by atoms with Crippen molar-refractivity contribution in [1.82, 2.24) is 4.98 Å². The molecule has 0 saturated carbocycles. The number of nitrogens with zero attached hydrogens (tertiary/aromatic N) is 1. The number of halogens is 2. The minimum atomic E-state index is -0.614. The molecule has 0 spiro atoms. The maximum absolute atomic E-state index is 13.5. The summed E-state index contributed by atoms with van der Waals surface area (Å²) in [4.78, 5) is 3.89. The van der Waals surface area contributed by atoms with Crippen LogP contribution in [-0.2, 0) is 6.61 Å². The first kappa shape index (κ1) is 11.8. The van der Waals surface area contributed by atoms with Gasteiger partial charge >= 0.3 is 0 Å². The van der Waals surface area contributed by atoms with Gasteiger partial charge in [-0.1, -0.05) is 17.7 Å². The Morgan fingerprint density at radius 1 is 1.35 bits per heavy atom. The molecular formula is C12H9ClFNO2. The van der Waals surface area contributed by atoms with Crippen molar-refractivity contribution in [2.75, 3.05) is 0 Å². The number of hydrogen-bond donors (Lipinski definition) is 1. The lowest BCUT2D eigenvalue weighted by molar-refractivity contribution is 0.276. The van der Waals surface area contributed by atoms with Gasteiger partial charge in [0.25, 0.3) is 0 Å². The quantitative estimate of drug-likeness (QED) is 0.914. The second-order valence-corrected chi connectivity index (χ2v) is 3.70. The van der Waals surface area contributed by atoms with E-state index in [0.29, 0.717) is 11.4 Å². The fourth-order valence-corrected chi connectivity index (χ4v) is 1.46. The number of aliphatic hydroxyl groups is 1. The average Bonchev–Trinajstić information content (AvgIpc) is 2.35. The standard InChI is InChI=1S/C12H9ClFNO2/c13-10-2-1-3-11(12(10)14)17-9-4-5-15-8(6-9)7-16/h1-6,16H,7H2. The van der Waals surface area contributed by atoms with Gasteiger partial charge in [0.15, 0.2) is 11.6 Å². The summed E-state index contributed by atoms with van der Waals surface area (Å²) in [5.74, 6) is -0.186. The highest BCUT2D eigenvalue weighted by Gasteiger charge is 2.08. The molecule has 2 rings (SSSR count). The van der Waals surface area contributed by atoms with Crippen molar-refractivity contribution < 1.29 is 14.2 Å². The topological polar surface area (TPSA) is 42.4 Å². The molecule has 0 amide bonds. The molecule has 0 saturated heterocycles. The fourth-order valence-electron chi connectivity index (χ4n) is 1.30. The predicted octanol–water partition coefficient (Wildman–Crippen LogP) is 3.16. The van der Waals surface area contributed by atoms with Crippen LogP contribution >= 0.6 is 11.6 Å². The molecule has 0 aliphatic carbocycles. The number of benzene rings is 1. The third-order valence-electron chi connectivity index (χ3n) is 2.09. The van der Waals surface area contributed by atoms with E-state index in [1.54, 1.807) is 12.1 Å². The molecule has 1 heterocycles. The molecule has 17 heavy (non-hydrogen) atoms. The van der Waals surface area contributed by atoms with Gasteiger partial charge in [-0.05, 0) is 18.2 Å². The van der Waals surface area contributed by atoms with Crippen molar-refractivity contribution in [1.29, 1.82) is 0 Å². The summed E-state index contributed by atoms with van der Waals surface area (Å²) in [6.45, 7) is -0.199. The lowest BCUT2D eigenvalue weighted by Crippen LogP contribution is -1.92. The molecule has 0 aliphatic heterocycles. The van der Waals surface area contributed by atoms with E-state index in [4.69, 9.17) is 21.4 Å². The molecule has 3 nitrogen and oxygen atoms in total. The van der Waals surface area contributed by atoms with Crippen molar-refractivity contribution in [2.45, 2.75) is 6.61 Å². The van der Waals surface area contributed by atoms with Gasteiger partial charge < -0.3 is 9.84 Å². The average molecular weight is 254 g/mol. The third kappa shape index (κ3) is 2.72. The van der Waals surface area contributed by atoms with Crippen LogP contribution in [0.4, 0.5) is 4.39 Å². The SMILES string of the molecule is OCc1cc(Oc2cccc(Cl)c2F)ccn1. The molecule has 1 N–H and O–H groups in total. The second-order valence-electron chi connectivity index (χ2n) is 3.30. The number of aromatic nitrogens is 1. The number of pyridine rings is 1. The van der Waals surface area contributed by atoms with Crippen molar-refractivity contribution >= 4 is 11.6 Å². The zero-order valence-corrected chi connectivity index (χ0v) is 9.49. The van der Waals surface area contributed by atoms with E-state index in [0.717, 1.165) is 0 Å². The van der Waals surface area contributed by atoms with Crippen LogP contribution in [0.1, 0.15) is 5.69 Å². The van der Waals surface area contributed by atoms with Crippen molar-refractivity contribution in [3.05, 3.63) is 53.1 Å². The molecule has 88 valence electrons. The third-order valence-corrected chi connectivity index (χ3v) is 2.39. The second kappa shape index (κ2) is 5.12. The first-order valence-corrected chi connectivity index (χ1v) is 5.26. The normalized spacial score (nSPS) is 10.3. The first-order chi connectivity index (χ1) is 8.20. The van der Waals surface area contributed by atoms with Crippen molar-refractivity contribution in [3.8, 4) is 11.5 Å². The first-order valence-electron chi connectivity index (χ1n) is 4.88. The van der Waals surface area contributed by atoms with Crippen LogP contribution in [0.15, 0.2) is 36.5 Å². The van der Waals surface area contributed by atoms with E-state index < -0.39 is 5.82 Å². The van der Waals surface area contributed by atoms with E-state index >= 15 is 0 Å². The summed E-state index contributed by atoms with van der Waals surface area (Å²) >= 11 is 5.63. The van der Waals surface area contributed by atoms with Crippen LogP contribution in [0.5, 0.6) is 11.5 Å². The van der Waals surface area contributed by atoms with Gasteiger partial charge in [-0.15, -0.1) is 0 Å². The smallest absolute Gasteiger partial charge is 0.184 e. The van der Waals surface area contributed by atoms with E-state index in [9.17, 15) is 4.39 Å². The minimum absolute atomic E-state index is 0.000984. The van der Waals surface area contributed by atoms with Crippen LogP contribution < -0.4 is 4.74 Å². The maximum Gasteiger partial charge on any atom is 0.184 e. The van der Waals surface area contributed by atoms with Gasteiger partial charge in [-0.3, -0.25) is 4.98 Å². The van der Waals surface area contributed by atoms with Crippen LogP contribution in [-0.4, -0.2) is 10.1 Å². The molecule has 0 atom stereocenters. The summed E-state index contributed by atoms with van der Waals surface area (Å²) in [6, 6.07) is 7.60. The van der Waals surface area contributed by atoms with Crippen molar-refractivity contribution in [3.63, 3.8) is 0 Å². The zero-order chi connectivity index (χ0) is 12.3. The van der Waals surface area contributed by atoms with Crippen LogP contribution in [0.25, 0.3) is 0 Å². The van der Waals surface area contributed by atoms with Gasteiger partial charge in [-0.2, -0.15) is 0 Å². The lowest BCUT2D eigenvalue weighted by Gasteiger charge is -2.07. The highest BCUT2D eigenvalue weighted by molar-refractivity contribution is 6.30. The summed E-state index contributed by atoms with van der Waals surface area (Å²) in [5.41, 5.74) is 0.449. The van der Waals surface area contributed by atoms with E-state index in [1.807, 2.05) is 0 Å². The summed E-state index contributed by atoms with van der Waals surface area (Å²) in [7, 11) is 0. The van der Waals surface area contributed by atoms with Gasteiger partial charge in [-0.25, -0.2) is 4.39 Å². The Morgan fingerprint density at radius 3 is 2.94 bits per heavy atom. The molecule has 0 fully saturated rings. The van der Waals surface area contributed by atoms with Gasteiger partial charge in [0.1, 0.15) is 5.75 Å². The van der Waals surface area contributed by atoms with Gasteiger partial charge in [0.05, 0.1) is 17.3 Å². The molecular weight excluding hydrogens is 245 g/mol. The molecule has 0 radical (unpaired) electrons. The van der Waals surface area contributed by atoms with Crippen LogP contribution in [0, 0.1) is 5.82 Å². The number of ether oxygens (including phenoxy) is 1. The predicted molar refractivity (Wildman–Crippen MR) is 61.6 cm³/mol. The highest BCUT2D eigenvalue weighted by atomic mass is 35.5. The summed E-state index contributed by atoms with van der Waals surface area (Å²) < 4.78 is 18.9. The summed E-state index contributed by atoms with van der Waals surface area (Å²) in [6.07, 6.45) is 1.48.